The summed E-state index contributed by atoms with van der Waals surface area (Å²) in [5.41, 5.74) is 2.57. The number of fused-ring (bicyclic) bond motifs is 1. The summed E-state index contributed by atoms with van der Waals surface area (Å²) < 4.78 is 18.7. The van der Waals surface area contributed by atoms with E-state index < -0.39 is 0 Å². The van der Waals surface area contributed by atoms with Crippen LogP contribution in [0.25, 0.3) is 10.9 Å². The minimum atomic E-state index is -0.245. The molecule has 0 saturated carbocycles. The van der Waals surface area contributed by atoms with Crippen molar-refractivity contribution >= 4 is 16.7 Å². The topological polar surface area (TPSA) is 67.0 Å². The lowest BCUT2D eigenvalue weighted by molar-refractivity contribution is 0.306. The maximum atomic E-state index is 12.9. The minimum absolute atomic E-state index is 0.125. The highest BCUT2D eigenvalue weighted by molar-refractivity contribution is 5.79. The molecule has 4 rings (SSSR count). The van der Waals surface area contributed by atoms with Gasteiger partial charge in [0.25, 0.3) is 0 Å². The molecule has 0 aliphatic heterocycles. The number of hydrogen-bond acceptors (Lipinski definition) is 4. The molecule has 5 nitrogen and oxygen atoms in total. The van der Waals surface area contributed by atoms with E-state index in [1.54, 1.807) is 24.4 Å². The summed E-state index contributed by atoms with van der Waals surface area (Å²) in [6.45, 7) is 0.961. The van der Waals surface area contributed by atoms with Gasteiger partial charge in [-0.2, -0.15) is 0 Å². The van der Waals surface area contributed by atoms with Crippen molar-refractivity contribution in [3.05, 3.63) is 100 Å². The van der Waals surface area contributed by atoms with Crippen LogP contribution in [0.5, 0.6) is 5.75 Å². The van der Waals surface area contributed by atoms with E-state index in [4.69, 9.17) is 4.74 Å². The van der Waals surface area contributed by atoms with Crippen molar-refractivity contribution in [3.8, 4) is 5.75 Å². The number of aromatic nitrogens is 2. The standard InChI is InChI=1S/C22H18FN3O2/c23-18-5-1-15(2-6-18)12-24-21-9-3-16(13-25-21)14-28-19-7-8-20-17(11-19)4-10-22(27)26-20/h1-11,13H,12,14H2,(H,24,25)(H,26,27). The van der Waals surface area contributed by atoms with Crippen molar-refractivity contribution in [2.45, 2.75) is 13.2 Å². The predicted octanol–water partition coefficient (Wildman–Crippen LogP) is 4.25. The van der Waals surface area contributed by atoms with Gasteiger partial charge < -0.3 is 15.0 Å². The maximum Gasteiger partial charge on any atom is 0.248 e. The third-order valence-electron chi connectivity index (χ3n) is 4.31. The van der Waals surface area contributed by atoms with Crippen LogP contribution < -0.4 is 15.6 Å². The molecule has 0 spiro atoms. The van der Waals surface area contributed by atoms with E-state index in [1.165, 1.54) is 18.2 Å². The monoisotopic (exact) mass is 375 g/mol. The van der Waals surface area contributed by atoms with E-state index in [0.717, 1.165) is 33.6 Å². The maximum absolute atomic E-state index is 12.9. The zero-order valence-electron chi connectivity index (χ0n) is 15.0. The van der Waals surface area contributed by atoms with Crippen LogP contribution in [0.2, 0.25) is 0 Å². The third-order valence-corrected chi connectivity index (χ3v) is 4.31. The number of rotatable bonds is 6. The zero-order chi connectivity index (χ0) is 19.3. The Kier molecular flexibility index (Phi) is 5.01. The van der Waals surface area contributed by atoms with Crippen LogP contribution in [-0.4, -0.2) is 9.97 Å². The van der Waals surface area contributed by atoms with E-state index in [0.29, 0.717) is 13.2 Å². The number of anilines is 1. The number of nitrogens with one attached hydrogen (secondary N) is 2. The molecule has 0 fully saturated rings. The minimum Gasteiger partial charge on any atom is -0.489 e. The fourth-order valence-electron chi connectivity index (χ4n) is 2.80. The lowest BCUT2D eigenvalue weighted by Gasteiger charge is -2.09. The molecular weight excluding hydrogens is 357 g/mol. The van der Waals surface area contributed by atoms with Crippen LogP contribution in [0.15, 0.2) is 77.7 Å². The summed E-state index contributed by atoms with van der Waals surface area (Å²) in [4.78, 5) is 18.5. The quantitative estimate of drug-likeness (QED) is 0.529. The van der Waals surface area contributed by atoms with Crippen molar-refractivity contribution in [3.63, 3.8) is 0 Å². The lowest BCUT2D eigenvalue weighted by Crippen LogP contribution is -2.03. The predicted molar refractivity (Wildman–Crippen MR) is 107 cm³/mol. The van der Waals surface area contributed by atoms with Crippen molar-refractivity contribution in [2.75, 3.05) is 5.32 Å². The Morgan fingerprint density at radius 3 is 2.57 bits per heavy atom. The second-order valence-electron chi connectivity index (χ2n) is 6.39. The van der Waals surface area contributed by atoms with Crippen molar-refractivity contribution in [2.24, 2.45) is 0 Å². The van der Waals surface area contributed by atoms with Gasteiger partial charge in [0.2, 0.25) is 5.56 Å². The third kappa shape index (κ3) is 4.35. The second kappa shape index (κ2) is 7.92. The lowest BCUT2D eigenvalue weighted by atomic mass is 10.2. The first-order valence-corrected chi connectivity index (χ1v) is 8.85. The van der Waals surface area contributed by atoms with Gasteiger partial charge in [-0.05, 0) is 48.0 Å². The first-order valence-electron chi connectivity index (χ1n) is 8.85. The van der Waals surface area contributed by atoms with Crippen molar-refractivity contribution in [1.29, 1.82) is 0 Å². The van der Waals surface area contributed by atoms with Gasteiger partial charge >= 0.3 is 0 Å². The first-order chi connectivity index (χ1) is 13.7. The molecule has 0 unspecified atom stereocenters. The smallest absolute Gasteiger partial charge is 0.248 e. The second-order valence-corrected chi connectivity index (χ2v) is 6.39. The number of hydrogen-bond donors (Lipinski definition) is 2. The number of aromatic amines is 1. The summed E-state index contributed by atoms with van der Waals surface area (Å²) in [6.07, 6.45) is 1.76. The van der Waals surface area contributed by atoms with Gasteiger partial charge in [0, 0.05) is 35.3 Å². The molecule has 0 saturated heterocycles. The van der Waals surface area contributed by atoms with E-state index in [1.807, 2.05) is 30.3 Å². The molecule has 0 radical (unpaired) electrons. The number of benzene rings is 2. The average molecular weight is 375 g/mol. The highest BCUT2D eigenvalue weighted by atomic mass is 19.1. The van der Waals surface area contributed by atoms with Gasteiger partial charge in [-0.3, -0.25) is 4.79 Å². The van der Waals surface area contributed by atoms with Crippen LogP contribution in [0, 0.1) is 5.82 Å². The summed E-state index contributed by atoms with van der Waals surface area (Å²) in [7, 11) is 0. The molecule has 0 aliphatic carbocycles. The van der Waals surface area contributed by atoms with Crippen LogP contribution >= 0.6 is 0 Å². The Balaban J connectivity index is 1.34. The molecule has 4 aromatic rings. The fourth-order valence-corrected chi connectivity index (χ4v) is 2.80. The van der Waals surface area contributed by atoms with Crippen molar-refractivity contribution < 1.29 is 9.13 Å². The highest BCUT2D eigenvalue weighted by Gasteiger charge is 2.01. The molecule has 2 aromatic heterocycles. The first kappa shape index (κ1) is 17.7. The molecule has 2 N–H and O–H groups in total. The SMILES string of the molecule is O=c1ccc2cc(OCc3ccc(NCc4ccc(F)cc4)nc3)ccc2[nH]1. The molecule has 28 heavy (non-hydrogen) atoms. The number of ether oxygens (including phenoxy) is 1. The summed E-state index contributed by atoms with van der Waals surface area (Å²) in [5.74, 6) is 1.21. The molecular formula is C22H18FN3O2. The summed E-state index contributed by atoms with van der Waals surface area (Å²) >= 11 is 0. The van der Waals surface area contributed by atoms with Gasteiger partial charge in [0.05, 0.1) is 0 Å². The molecule has 0 bridgehead atoms. The Morgan fingerprint density at radius 1 is 0.964 bits per heavy atom. The molecule has 2 aromatic carbocycles. The Morgan fingerprint density at radius 2 is 1.79 bits per heavy atom. The number of nitrogens with zero attached hydrogens (tertiary/aromatic N) is 1. The molecule has 6 heteroatoms. The van der Waals surface area contributed by atoms with E-state index in [-0.39, 0.29) is 11.4 Å². The number of halogens is 1. The normalized spacial score (nSPS) is 10.8. The Bertz CT molecular complexity index is 1140. The van der Waals surface area contributed by atoms with Crippen LogP contribution in [0.1, 0.15) is 11.1 Å². The summed E-state index contributed by atoms with van der Waals surface area (Å²) in [5, 5.41) is 4.12. The van der Waals surface area contributed by atoms with E-state index in [9.17, 15) is 9.18 Å². The highest BCUT2D eigenvalue weighted by Crippen LogP contribution is 2.19. The van der Waals surface area contributed by atoms with Crippen LogP contribution in [0.4, 0.5) is 10.2 Å². The van der Waals surface area contributed by atoms with Gasteiger partial charge in [-0.25, -0.2) is 9.37 Å². The largest absolute Gasteiger partial charge is 0.489 e. The van der Waals surface area contributed by atoms with Gasteiger partial charge in [-0.15, -0.1) is 0 Å². The average Bonchev–Trinajstić information content (AvgIpc) is 2.72. The number of H-pyrrole nitrogens is 1. The zero-order valence-corrected chi connectivity index (χ0v) is 15.0. The van der Waals surface area contributed by atoms with Crippen LogP contribution in [0.3, 0.4) is 0 Å². The van der Waals surface area contributed by atoms with E-state index >= 15 is 0 Å². The molecule has 140 valence electrons. The molecule has 0 atom stereocenters. The Labute approximate surface area is 160 Å². The summed E-state index contributed by atoms with van der Waals surface area (Å²) in [6, 6.07) is 19.0. The van der Waals surface area contributed by atoms with Gasteiger partial charge in [0.15, 0.2) is 0 Å². The fraction of sp³-hybridized carbons (Fsp3) is 0.0909. The molecule has 2 heterocycles. The van der Waals surface area contributed by atoms with Gasteiger partial charge in [0.1, 0.15) is 24.0 Å². The van der Waals surface area contributed by atoms with E-state index in [2.05, 4.69) is 15.3 Å². The Hall–Kier alpha value is -3.67. The molecule has 0 aliphatic rings. The van der Waals surface area contributed by atoms with Crippen LogP contribution in [-0.2, 0) is 13.2 Å². The molecule has 0 amide bonds. The van der Waals surface area contributed by atoms with Crippen molar-refractivity contribution in [1.82, 2.24) is 9.97 Å². The number of pyridine rings is 2. The van der Waals surface area contributed by atoms with Gasteiger partial charge in [-0.1, -0.05) is 18.2 Å².